The van der Waals surface area contributed by atoms with Gasteiger partial charge in [-0.2, -0.15) is 18.2 Å². The number of aryl methyl sites for hydroxylation is 2. The summed E-state index contributed by atoms with van der Waals surface area (Å²) in [6, 6.07) is 3.41. The molecule has 0 bridgehead atoms. The zero-order chi connectivity index (χ0) is 22.6. The van der Waals surface area contributed by atoms with Crippen molar-refractivity contribution in [3.8, 4) is 5.88 Å². The number of hydrogen-bond donors (Lipinski definition) is 1. The van der Waals surface area contributed by atoms with Gasteiger partial charge in [0.25, 0.3) is 0 Å². The number of fused-ring (bicyclic) bond motifs is 1. The first-order chi connectivity index (χ1) is 14.6. The maximum absolute atomic E-state index is 12.5. The van der Waals surface area contributed by atoms with Crippen molar-refractivity contribution in [2.75, 3.05) is 6.61 Å². The van der Waals surface area contributed by atoms with Crippen LogP contribution in [0.2, 0.25) is 0 Å². The van der Waals surface area contributed by atoms with Gasteiger partial charge in [-0.3, -0.25) is 4.79 Å². The Labute approximate surface area is 179 Å². The van der Waals surface area contributed by atoms with Gasteiger partial charge in [0, 0.05) is 32.5 Å². The summed E-state index contributed by atoms with van der Waals surface area (Å²) in [4.78, 5) is 19.8. The van der Waals surface area contributed by atoms with Crippen LogP contribution in [0.3, 0.4) is 0 Å². The minimum Gasteiger partial charge on any atom is -0.474 e. The molecule has 2 aromatic rings. The molecule has 172 valence electrons. The van der Waals surface area contributed by atoms with Gasteiger partial charge in [-0.25, -0.2) is 4.98 Å². The number of halogens is 3. The molecule has 10 heteroatoms. The fourth-order valence-electron chi connectivity index (χ4n) is 3.79. The molecule has 0 aromatic carbocycles. The highest BCUT2D eigenvalue weighted by atomic mass is 19.4. The Morgan fingerprint density at radius 3 is 2.55 bits per heavy atom. The normalized spacial score (nSPS) is 20.6. The number of imidazole rings is 1. The molecule has 0 aliphatic heterocycles. The molecule has 0 spiro atoms. The van der Waals surface area contributed by atoms with Gasteiger partial charge in [0.15, 0.2) is 5.65 Å². The lowest BCUT2D eigenvalue weighted by Crippen LogP contribution is -2.36. The Kier molecular flexibility index (Phi) is 7.40. The van der Waals surface area contributed by atoms with E-state index in [-0.39, 0.29) is 30.6 Å². The van der Waals surface area contributed by atoms with E-state index in [1.165, 1.54) is 6.92 Å². The van der Waals surface area contributed by atoms with E-state index < -0.39 is 12.6 Å². The maximum Gasteiger partial charge on any atom is 0.389 e. The number of pyridine rings is 1. The highest BCUT2D eigenvalue weighted by Gasteiger charge is 2.28. The van der Waals surface area contributed by atoms with Gasteiger partial charge in [-0.15, -0.1) is 0 Å². The van der Waals surface area contributed by atoms with Crippen LogP contribution >= 0.6 is 0 Å². The van der Waals surface area contributed by atoms with Crippen LogP contribution in [0.1, 0.15) is 51.8 Å². The zero-order valence-electron chi connectivity index (χ0n) is 18.0. The van der Waals surface area contributed by atoms with Crippen LogP contribution in [0.25, 0.3) is 11.2 Å². The summed E-state index contributed by atoms with van der Waals surface area (Å²) >= 11 is 0. The van der Waals surface area contributed by atoms with Crippen LogP contribution < -0.4 is 10.1 Å². The molecule has 2 aromatic heterocycles. The highest BCUT2D eigenvalue weighted by Crippen LogP contribution is 2.27. The fraction of sp³-hybridized carbons (Fsp3) is 0.667. The molecule has 1 aliphatic rings. The number of amides is 1. The molecule has 1 atom stereocenters. The van der Waals surface area contributed by atoms with Crippen LogP contribution in [-0.2, 0) is 23.0 Å². The van der Waals surface area contributed by atoms with Gasteiger partial charge in [0.2, 0.25) is 11.8 Å². The zero-order valence-corrected chi connectivity index (χ0v) is 18.0. The van der Waals surface area contributed by atoms with Crippen molar-refractivity contribution in [2.24, 2.45) is 7.05 Å². The first kappa shape index (κ1) is 23.3. The molecule has 1 saturated carbocycles. The van der Waals surface area contributed by atoms with E-state index in [1.54, 1.807) is 23.7 Å². The third kappa shape index (κ3) is 6.81. The Balaban J connectivity index is 1.52. The molecule has 1 amide bonds. The lowest BCUT2D eigenvalue weighted by molar-refractivity contribution is -0.134. The predicted octanol–water partition coefficient (Wildman–Crippen LogP) is 3.69. The molecule has 0 unspecified atom stereocenters. The van der Waals surface area contributed by atoms with Crippen molar-refractivity contribution in [1.29, 1.82) is 0 Å². The summed E-state index contributed by atoms with van der Waals surface area (Å²) in [6.45, 7) is 3.87. The minimum atomic E-state index is -4.22. The summed E-state index contributed by atoms with van der Waals surface area (Å²) in [5.41, 5.74) is 1.07. The quantitative estimate of drug-likeness (QED) is 0.675. The van der Waals surface area contributed by atoms with E-state index in [2.05, 4.69) is 15.3 Å². The largest absolute Gasteiger partial charge is 0.474 e. The van der Waals surface area contributed by atoms with Crippen molar-refractivity contribution in [1.82, 2.24) is 19.9 Å². The van der Waals surface area contributed by atoms with Crippen LogP contribution in [0, 0.1) is 0 Å². The maximum atomic E-state index is 12.5. The molecule has 0 saturated heterocycles. The van der Waals surface area contributed by atoms with Crippen LogP contribution in [0.15, 0.2) is 12.1 Å². The molecule has 31 heavy (non-hydrogen) atoms. The number of nitrogens with one attached hydrogen (secondary N) is 1. The van der Waals surface area contributed by atoms with E-state index >= 15 is 0 Å². The number of hydrogen-bond acceptors (Lipinski definition) is 5. The third-order valence-corrected chi connectivity index (χ3v) is 5.36. The van der Waals surface area contributed by atoms with E-state index in [0.29, 0.717) is 29.5 Å². The molecule has 1 N–H and O–H groups in total. The standard InChI is InChI=1S/C21H29F3N4O3/c1-13(25-14(2)29)12-30-15-4-6-16(7-5-15)31-19-9-8-17-20(27-19)28(3)18(26-17)10-11-21(22,23)24/h8-9,13,15-16H,4-7,10-12H2,1-3H3,(H,25,29)/t13-,15?,16?/m0/s1. The van der Waals surface area contributed by atoms with Crippen molar-refractivity contribution < 1.29 is 27.4 Å². The van der Waals surface area contributed by atoms with Crippen molar-refractivity contribution in [3.05, 3.63) is 18.0 Å². The van der Waals surface area contributed by atoms with Crippen LogP contribution in [0.5, 0.6) is 5.88 Å². The first-order valence-electron chi connectivity index (χ1n) is 10.5. The topological polar surface area (TPSA) is 78.3 Å². The van der Waals surface area contributed by atoms with Gasteiger partial charge in [0.05, 0.1) is 19.1 Å². The Hall–Kier alpha value is -2.36. The second-order valence-corrected chi connectivity index (χ2v) is 8.15. The molecule has 1 fully saturated rings. The molecule has 0 radical (unpaired) electrons. The number of aromatic nitrogens is 3. The van der Waals surface area contributed by atoms with E-state index in [4.69, 9.17) is 9.47 Å². The number of nitrogens with zero attached hydrogens (tertiary/aromatic N) is 3. The monoisotopic (exact) mass is 442 g/mol. The van der Waals surface area contributed by atoms with E-state index in [1.807, 2.05) is 6.92 Å². The highest BCUT2D eigenvalue weighted by molar-refractivity contribution is 5.73. The number of carbonyl (C=O) groups excluding carboxylic acids is 1. The average Bonchev–Trinajstić information content (AvgIpc) is 3.00. The van der Waals surface area contributed by atoms with Crippen LogP contribution in [-0.4, -0.2) is 51.5 Å². The van der Waals surface area contributed by atoms with Crippen molar-refractivity contribution in [3.63, 3.8) is 0 Å². The summed E-state index contributed by atoms with van der Waals surface area (Å²) < 4.78 is 51.1. The van der Waals surface area contributed by atoms with E-state index in [9.17, 15) is 18.0 Å². The number of alkyl halides is 3. The SMILES string of the molecule is CC(=O)N[C@@H](C)COC1CCC(Oc2ccc3nc(CCC(F)(F)F)n(C)c3n2)CC1. The second kappa shape index (κ2) is 9.84. The molecular formula is C21H29F3N4O3. The van der Waals surface area contributed by atoms with Gasteiger partial charge in [-0.1, -0.05) is 0 Å². The lowest BCUT2D eigenvalue weighted by atomic mass is 9.95. The third-order valence-electron chi connectivity index (χ3n) is 5.36. The molecular weight excluding hydrogens is 413 g/mol. The fourth-order valence-corrected chi connectivity index (χ4v) is 3.79. The predicted molar refractivity (Wildman–Crippen MR) is 109 cm³/mol. The Bertz CT molecular complexity index is 892. The molecule has 7 nitrogen and oxygen atoms in total. The Morgan fingerprint density at radius 2 is 1.90 bits per heavy atom. The molecule has 1 aliphatic carbocycles. The Morgan fingerprint density at radius 1 is 1.23 bits per heavy atom. The van der Waals surface area contributed by atoms with Crippen molar-refractivity contribution in [2.45, 2.75) is 76.8 Å². The summed E-state index contributed by atoms with van der Waals surface area (Å²) in [7, 11) is 1.67. The number of carbonyl (C=O) groups is 1. The lowest BCUT2D eigenvalue weighted by Gasteiger charge is -2.29. The van der Waals surface area contributed by atoms with Gasteiger partial charge in [-0.05, 0) is 38.7 Å². The minimum absolute atomic E-state index is 0.00972. The second-order valence-electron chi connectivity index (χ2n) is 8.15. The number of ether oxygens (including phenoxy) is 2. The average molecular weight is 442 g/mol. The molecule has 2 heterocycles. The van der Waals surface area contributed by atoms with Crippen LogP contribution in [0.4, 0.5) is 13.2 Å². The van der Waals surface area contributed by atoms with Gasteiger partial charge in [0.1, 0.15) is 17.4 Å². The van der Waals surface area contributed by atoms with Crippen molar-refractivity contribution >= 4 is 17.1 Å². The summed E-state index contributed by atoms with van der Waals surface area (Å²) in [6.07, 6.45) is -1.82. The summed E-state index contributed by atoms with van der Waals surface area (Å²) in [5.74, 6) is 0.725. The van der Waals surface area contributed by atoms with Gasteiger partial charge >= 0.3 is 6.18 Å². The smallest absolute Gasteiger partial charge is 0.389 e. The molecule has 3 rings (SSSR count). The first-order valence-corrected chi connectivity index (χ1v) is 10.5. The number of rotatable bonds is 8. The summed E-state index contributed by atoms with van der Waals surface area (Å²) in [5, 5.41) is 2.80. The van der Waals surface area contributed by atoms with Gasteiger partial charge < -0.3 is 19.4 Å². The van der Waals surface area contributed by atoms with E-state index in [0.717, 1.165) is 25.7 Å².